The molecule has 0 atom stereocenters. The molecule has 0 radical (unpaired) electrons. The maximum Gasteiger partial charge on any atom is 0.212 e. The van der Waals surface area contributed by atoms with Gasteiger partial charge in [-0.3, -0.25) is 0 Å². The van der Waals surface area contributed by atoms with E-state index in [0.29, 0.717) is 0 Å². The van der Waals surface area contributed by atoms with Gasteiger partial charge < -0.3 is 0 Å². The van der Waals surface area contributed by atoms with Crippen molar-refractivity contribution < 1.29 is 92.4 Å². The zero-order valence-corrected chi connectivity index (χ0v) is 34.0. The largest absolute Gasteiger partial charge is 0.212 e. The smallest absolute Gasteiger partial charge is 0.207 e. The second-order valence-electron chi connectivity index (χ2n) is 15.3. The topological polar surface area (TPSA) is 3.88 Å². The highest BCUT2D eigenvalue weighted by Gasteiger charge is 2.52. The summed E-state index contributed by atoms with van der Waals surface area (Å²) in [6, 6.07) is 32.6. The third-order valence-corrected chi connectivity index (χ3v) is 11.7. The molecule has 9 aromatic rings. The third-order valence-electron chi connectivity index (χ3n) is 11.7. The molecular formula is C48H18BF20N. The van der Waals surface area contributed by atoms with Gasteiger partial charge in [-0.05, 0) is 39.7 Å². The minimum absolute atomic E-state index is 0.864. The average Bonchev–Trinajstić information content (AvgIpc) is 3.36. The highest BCUT2D eigenvalue weighted by atomic mass is 19.2. The summed E-state index contributed by atoms with van der Waals surface area (Å²) in [6.45, 7) is 0.864. The van der Waals surface area contributed by atoms with Gasteiger partial charge >= 0.3 is 0 Å². The van der Waals surface area contributed by atoms with Crippen molar-refractivity contribution >= 4 is 60.4 Å². The van der Waals surface area contributed by atoms with Crippen molar-refractivity contribution in [2.75, 3.05) is 0 Å². The Kier molecular flexibility index (Phi) is 12.6. The van der Waals surface area contributed by atoms with Gasteiger partial charge in [-0.2, -0.15) is 4.57 Å². The van der Waals surface area contributed by atoms with Gasteiger partial charge in [0.05, 0.1) is 0 Å². The number of pyridine rings is 1. The predicted molar refractivity (Wildman–Crippen MR) is 214 cm³/mol. The van der Waals surface area contributed by atoms with Crippen LogP contribution in [0.5, 0.6) is 0 Å². The first kappa shape index (κ1) is 48.8. The van der Waals surface area contributed by atoms with E-state index in [9.17, 15) is 52.7 Å². The molecular weight excluding hydrogens is 981 g/mol. The van der Waals surface area contributed by atoms with Crippen LogP contribution in [-0.4, -0.2) is 6.15 Å². The molecule has 0 bridgehead atoms. The van der Waals surface area contributed by atoms with Crippen LogP contribution in [0.1, 0.15) is 5.56 Å². The molecule has 9 rings (SSSR count). The molecule has 1 aromatic heterocycles. The normalized spacial score (nSPS) is 11.8. The van der Waals surface area contributed by atoms with Gasteiger partial charge in [-0.15, -0.1) is 21.9 Å². The molecule has 0 aliphatic rings. The third kappa shape index (κ3) is 7.24. The van der Waals surface area contributed by atoms with Gasteiger partial charge in [0.1, 0.15) is 52.7 Å². The molecule has 0 N–H and O–H groups in total. The van der Waals surface area contributed by atoms with Crippen LogP contribution in [0.2, 0.25) is 0 Å². The predicted octanol–water partition coefficient (Wildman–Crippen LogP) is 11.3. The Morgan fingerprint density at radius 1 is 0.286 bits per heavy atom. The standard InChI is InChI=1S/C24BF20.C24H18N/c26-5-1(6(27)14(35)21(42)13(5)34)25(2-7(28)15(36)22(43)16(37)8(2)29,3-9(30)17(38)23(44)18(39)10(3)31)4-11(32)19(40)24(45)20(41)12(4)33;1-4-12-21-19(9-1)16-20-10-2-5-13-22(20)23(21)17-25-15-7-11-18-8-3-6-14-24(18)25/h;1-16H,17H2/q-1;+1. The molecule has 0 amide bonds. The fourth-order valence-corrected chi connectivity index (χ4v) is 8.68. The Balaban J connectivity index is 0.000000219. The second kappa shape index (κ2) is 18.0. The fraction of sp³-hybridized carbons (Fsp3) is 0.0208. The summed E-state index contributed by atoms with van der Waals surface area (Å²) in [6.07, 6.45) is -5.04. The van der Waals surface area contributed by atoms with E-state index in [4.69, 9.17) is 0 Å². The molecule has 1 nitrogen and oxygen atoms in total. The molecule has 0 spiro atoms. The SMILES string of the molecule is Fc1c(F)c(F)c([B-](c2c(F)c(F)c(F)c(F)c2F)(c2c(F)c(F)c(F)c(F)c2F)c2c(F)c(F)c(F)c(F)c2F)c(F)c1F.c1ccc2c(C[n+]3cccc4ccccc43)c3ccccc3cc2c1. The van der Waals surface area contributed by atoms with Crippen LogP contribution in [0.4, 0.5) is 87.8 Å². The summed E-state index contributed by atoms with van der Waals surface area (Å²) < 4.78 is 296. The maximum absolute atomic E-state index is 15.4. The van der Waals surface area contributed by atoms with E-state index in [1.54, 1.807) is 0 Å². The van der Waals surface area contributed by atoms with Gasteiger partial charge in [0, 0.05) is 23.1 Å². The number of rotatable bonds is 6. The Morgan fingerprint density at radius 2 is 0.543 bits per heavy atom. The molecule has 22 heteroatoms. The molecule has 0 saturated carbocycles. The first-order chi connectivity index (χ1) is 33.1. The molecule has 1 heterocycles. The minimum Gasteiger partial charge on any atom is -0.207 e. The van der Waals surface area contributed by atoms with Gasteiger partial charge in [0.2, 0.25) is 5.52 Å². The molecule has 0 fully saturated rings. The van der Waals surface area contributed by atoms with Crippen molar-refractivity contribution in [3.63, 3.8) is 0 Å². The summed E-state index contributed by atoms with van der Waals surface area (Å²) in [5.41, 5.74) is -11.7. The summed E-state index contributed by atoms with van der Waals surface area (Å²) >= 11 is 0. The Morgan fingerprint density at radius 3 is 0.871 bits per heavy atom. The van der Waals surface area contributed by atoms with Gasteiger partial charge in [0.25, 0.3) is 0 Å². The van der Waals surface area contributed by atoms with Crippen molar-refractivity contribution in [2.24, 2.45) is 0 Å². The molecule has 358 valence electrons. The lowest BCUT2D eigenvalue weighted by atomic mass is 9.12. The van der Waals surface area contributed by atoms with Crippen molar-refractivity contribution in [2.45, 2.75) is 6.54 Å². The number of benzene rings is 8. The van der Waals surface area contributed by atoms with E-state index in [1.807, 2.05) is 0 Å². The van der Waals surface area contributed by atoms with Crippen LogP contribution >= 0.6 is 0 Å². The van der Waals surface area contributed by atoms with E-state index >= 15 is 35.1 Å². The number of nitrogens with zero attached hydrogens (tertiary/aromatic N) is 1. The quantitative estimate of drug-likeness (QED) is 0.0390. The summed E-state index contributed by atoms with van der Waals surface area (Å²) in [5.74, 6) is -71.4. The summed E-state index contributed by atoms with van der Waals surface area (Å²) in [4.78, 5) is 0. The van der Waals surface area contributed by atoms with Crippen molar-refractivity contribution in [1.29, 1.82) is 0 Å². The van der Waals surface area contributed by atoms with E-state index in [0.717, 1.165) is 6.54 Å². The number of hydrogen-bond acceptors (Lipinski definition) is 0. The van der Waals surface area contributed by atoms with Gasteiger partial charge in [-0.25, -0.2) is 87.8 Å². The first-order valence-electron chi connectivity index (χ1n) is 19.6. The fourth-order valence-electron chi connectivity index (χ4n) is 8.68. The van der Waals surface area contributed by atoms with E-state index in [1.165, 1.54) is 38.0 Å². The lowest BCUT2D eigenvalue weighted by molar-refractivity contribution is -0.662. The second-order valence-corrected chi connectivity index (χ2v) is 15.3. The van der Waals surface area contributed by atoms with Gasteiger partial charge in [0.15, 0.2) is 82.5 Å². The lowest BCUT2D eigenvalue weighted by Crippen LogP contribution is -2.81. The summed E-state index contributed by atoms with van der Waals surface area (Å²) in [7, 11) is 0. The molecule has 0 unspecified atom stereocenters. The van der Waals surface area contributed by atoms with Crippen molar-refractivity contribution in [1.82, 2.24) is 0 Å². The van der Waals surface area contributed by atoms with Crippen LogP contribution in [0.3, 0.4) is 0 Å². The zero-order chi connectivity index (χ0) is 51.0. The average molecular weight is 999 g/mol. The number of halogens is 20. The van der Waals surface area contributed by atoms with E-state index in [2.05, 4.69) is 102 Å². The number of aromatic nitrogens is 1. The Hall–Kier alpha value is -7.65. The monoisotopic (exact) mass is 999 g/mol. The van der Waals surface area contributed by atoms with E-state index in [-0.39, 0.29) is 0 Å². The van der Waals surface area contributed by atoms with Crippen LogP contribution in [0.15, 0.2) is 97.2 Å². The van der Waals surface area contributed by atoms with Crippen molar-refractivity contribution in [3.8, 4) is 0 Å². The number of fused-ring (bicyclic) bond motifs is 3. The maximum atomic E-state index is 15.4. The minimum atomic E-state index is -7.22. The molecule has 0 aliphatic carbocycles. The Bertz CT molecular complexity index is 3220. The Labute approximate surface area is 378 Å². The van der Waals surface area contributed by atoms with Crippen LogP contribution in [0.25, 0.3) is 32.4 Å². The number of para-hydroxylation sites is 1. The van der Waals surface area contributed by atoms with Crippen LogP contribution in [-0.2, 0) is 6.54 Å². The highest BCUT2D eigenvalue weighted by molar-refractivity contribution is 7.20. The zero-order valence-electron chi connectivity index (χ0n) is 34.0. The van der Waals surface area contributed by atoms with Crippen molar-refractivity contribution in [3.05, 3.63) is 219 Å². The molecule has 70 heavy (non-hydrogen) atoms. The molecule has 0 aliphatic heterocycles. The van der Waals surface area contributed by atoms with Crippen LogP contribution in [0, 0.1) is 116 Å². The first-order valence-corrected chi connectivity index (χ1v) is 19.6. The van der Waals surface area contributed by atoms with Gasteiger partial charge in [-0.1, -0.05) is 60.7 Å². The summed E-state index contributed by atoms with van der Waals surface area (Å²) in [5, 5.41) is 6.55. The molecule has 8 aromatic carbocycles. The number of hydrogen-bond donors (Lipinski definition) is 0. The lowest BCUT2D eigenvalue weighted by Gasteiger charge is -2.44. The highest BCUT2D eigenvalue weighted by Crippen LogP contribution is 2.32. The molecule has 0 saturated heterocycles. The van der Waals surface area contributed by atoms with Crippen LogP contribution < -0.4 is 26.4 Å². The van der Waals surface area contributed by atoms with E-state index < -0.39 is 144 Å².